The van der Waals surface area contributed by atoms with Gasteiger partial charge in [0, 0.05) is 12.1 Å². The second-order valence-corrected chi connectivity index (χ2v) is 5.34. The lowest BCUT2D eigenvalue weighted by atomic mass is 10.1. The Kier molecular flexibility index (Phi) is 4.94. The molecule has 1 amide bonds. The zero-order valence-electron chi connectivity index (χ0n) is 11.1. The number of rotatable bonds is 4. The lowest BCUT2D eigenvalue weighted by molar-refractivity contribution is 0.0954. The largest absolute Gasteiger partial charge is 0.508 e. The van der Waals surface area contributed by atoms with Crippen molar-refractivity contribution in [3.05, 3.63) is 57.6 Å². The Labute approximate surface area is 132 Å². The second-order valence-electron chi connectivity index (χ2n) is 4.53. The summed E-state index contributed by atoms with van der Waals surface area (Å²) in [5.74, 6) is -0.0495. The zero-order chi connectivity index (χ0) is 15.4. The molecule has 0 heterocycles. The molecule has 0 fully saturated rings. The number of phenolic OH excluding ortho intramolecular Hbond substituents is 1. The summed E-state index contributed by atoms with van der Waals surface area (Å²) < 4.78 is 0. The molecular weight excluding hydrogens is 311 g/mol. The van der Waals surface area contributed by atoms with Crippen LogP contribution in [0.15, 0.2) is 36.4 Å². The number of anilines is 1. The Morgan fingerprint density at radius 2 is 1.71 bits per heavy atom. The summed E-state index contributed by atoms with van der Waals surface area (Å²) in [5, 5.41) is 12.5. The van der Waals surface area contributed by atoms with Crippen LogP contribution in [0, 0.1) is 0 Å². The molecule has 0 aliphatic carbocycles. The number of hydrogen-bond donors (Lipinski definition) is 3. The van der Waals surface area contributed by atoms with Gasteiger partial charge in [-0.1, -0.05) is 35.3 Å². The Bertz CT molecular complexity index is 634. The average Bonchev–Trinajstić information content (AvgIpc) is 2.46. The first-order chi connectivity index (χ1) is 9.97. The van der Waals surface area contributed by atoms with Crippen LogP contribution in [0.2, 0.25) is 10.0 Å². The molecule has 0 bridgehead atoms. The predicted molar refractivity (Wildman–Crippen MR) is 85.0 cm³/mol. The van der Waals surface area contributed by atoms with Gasteiger partial charge < -0.3 is 16.2 Å². The van der Waals surface area contributed by atoms with Crippen LogP contribution in [0.5, 0.6) is 5.75 Å². The molecule has 0 saturated carbocycles. The van der Waals surface area contributed by atoms with Gasteiger partial charge in [-0.2, -0.15) is 0 Å². The number of amides is 1. The lowest BCUT2D eigenvalue weighted by Gasteiger charge is -2.08. The monoisotopic (exact) mass is 324 g/mol. The molecule has 4 N–H and O–H groups in total. The summed E-state index contributed by atoms with van der Waals surface area (Å²) in [6.07, 6.45) is 0.655. The van der Waals surface area contributed by atoms with Gasteiger partial charge in [-0.05, 0) is 36.2 Å². The summed E-state index contributed by atoms with van der Waals surface area (Å²) in [5.41, 5.74) is 7.27. The van der Waals surface area contributed by atoms with E-state index in [1.165, 1.54) is 12.1 Å². The number of carbonyl (C=O) groups excluding carboxylic acids is 1. The molecule has 0 radical (unpaired) electrons. The number of nitrogen functional groups attached to an aromatic ring is 1. The number of aromatic hydroxyl groups is 1. The van der Waals surface area contributed by atoms with Gasteiger partial charge in [0.15, 0.2) is 0 Å². The van der Waals surface area contributed by atoms with Gasteiger partial charge in [0.1, 0.15) is 5.75 Å². The van der Waals surface area contributed by atoms with Gasteiger partial charge in [-0.3, -0.25) is 4.79 Å². The van der Waals surface area contributed by atoms with E-state index >= 15 is 0 Å². The quantitative estimate of drug-likeness (QED) is 0.755. The first kappa shape index (κ1) is 15.5. The van der Waals surface area contributed by atoms with Gasteiger partial charge in [0.2, 0.25) is 0 Å². The van der Waals surface area contributed by atoms with E-state index in [2.05, 4.69) is 5.32 Å². The molecule has 2 aromatic carbocycles. The number of phenols is 1. The second kappa shape index (κ2) is 6.70. The summed E-state index contributed by atoms with van der Waals surface area (Å²) in [6, 6.07) is 9.79. The third-order valence-electron chi connectivity index (χ3n) is 2.98. The van der Waals surface area contributed by atoms with Gasteiger partial charge in [-0.25, -0.2) is 0 Å². The number of carbonyl (C=O) groups is 1. The van der Waals surface area contributed by atoms with Gasteiger partial charge in [0.05, 0.1) is 15.7 Å². The molecule has 2 aromatic rings. The maximum absolute atomic E-state index is 12.0. The molecule has 21 heavy (non-hydrogen) atoms. The van der Waals surface area contributed by atoms with E-state index in [1.54, 1.807) is 24.3 Å². The fraction of sp³-hybridized carbons (Fsp3) is 0.133. The summed E-state index contributed by atoms with van der Waals surface area (Å²) in [7, 11) is 0. The standard InChI is InChI=1S/C15H14Cl2N2O2/c16-12-7-10(8-13(17)14(12)18)15(21)19-6-5-9-1-3-11(20)4-2-9/h1-4,7-8,20H,5-6,18H2,(H,19,21). The highest BCUT2D eigenvalue weighted by Crippen LogP contribution is 2.28. The van der Waals surface area contributed by atoms with Crippen LogP contribution in [0.4, 0.5) is 5.69 Å². The molecule has 0 aliphatic rings. The highest BCUT2D eigenvalue weighted by molar-refractivity contribution is 6.39. The van der Waals surface area contributed by atoms with Crippen molar-refractivity contribution in [1.29, 1.82) is 0 Å². The van der Waals surface area contributed by atoms with Crippen molar-refractivity contribution in [2.75, 3.05) is 12.3 Å². The number of nitrogens with one attached hydrogen (secondary N) is 1. The minimum Gasteiger partial charge on any atom is -0.508 e. The van der Waals surface area contributed by atoms with Gasteiger partial charge in [0.25, 0.3) is 5.91 Å². The first-order valence-corrected chi connectivity index (χ1v) is 7.03. The van der Waals surface area contributed by atoms with Crippen LogP contribution in [0.25, 0.3) is 0 Å². The van der Waals surface area contributed by atoms with Crippen molar-refractivity contribution in [3.63, 3.8) is 0 Å². The molecule has 0 aromatic heterocycles. The molecule has 0 unspecified atom stereocenters. The maximum Gasteiger partial charge on any atom is 0.251 e. The number of halogens is 2. The molecule has 0 saturated heterocycles. The van der Waals surface area contributed by atoms with E-state index in [-0.39, 0.29) is 27.4 Å². The van der Waals surface area contributed by atoms with Crippen LogP contribution >= 0.6 is 23.2 Å². The molecule has 110 valence electrons. The molecule has 0 spiro atoms. The van der Waals surface area contributed by atoms with Crippen molar-refractivity contribution < 1.29 is 9.90 Å². The third-order valence-corrected chi connectivity index (χ3v) is 3.60. The summed E-state index contributed by atoms with van der Waals surface area (Å²) >= 11 is 11.8. The van der Waals surface area contributed by atoms with Crippen molar-refractivity contribution >= 4 is 34.8 Å². The molecule has 2 rings (SSSR count). The minimum absolute atomic E-state index is 0.217. The van der Waals surface area contributed by atoms with Gasteiger partial charge >= 0.3 is 0 Å². The Morgan fingerprint density at radius 3 is 2.29 bits per heavy atom. The summed E-state index contributed by atoms with van der Waals surface area (Å²) in [4.78, 5) is 12.0. The highest BCUT2D eigenvalue weighted by Gasteiger charge is 2.10. The van der Waals surface area contributed by atoms with E-state index in [0.29, 0.717) is 18.5 Å². The van der Waals surface area contributed by atoms with Crippen molar-refractivity contribution in [2.24, 2.45) is 0 Å². The Balaban J connectivity index is 1.94. The van der Waals surface area contributed by atoms with Crippen LogP contribution in [0.1, 0.15) is 15.9 Å². The normalized spacial score (nSPS) is 10.4. The van der Waals surface area contributed by atoms with Crippen molar-refractivity contribution in [3.8, 4) is 5.75 Å². The Morgan fingerprint density at radius 1 is 1.14 bits per heavy atom. The minimum atomic E-state index is -0.266. The number of hydrogen-bond acceptors (Lipinski definition) is 3. The van der Waals surface area contributed by atoms with Crippen LogP contribution in [-0.2, 0) is 6.42 Å². The molecular formula is C15H14Cl2N2O2. The highest BCUT2D eigenvalue weighted by atomic mass is 35.5. The fourth-order valence-electron chi connectivity index (χ4n) is 1.80. The topological polar surface area (TPSA) is 75.4 Å². The van der Waals surface area contributed by atoms with E-state index in [4.69, 9.17) is 28.9 Å². The smallest absolute Gasteiger partial charge is 0.251 e. The van der Waals surface area contributed by atoms with Crippen LogP contribution in [0.3, 0.4) is 0 Å². The lowest BCUT2D eigenvalue weighted by Crippen LogP contribution is -2.25. The Hall–Kier alpha value is -1.91. The fourth-order valence-corrected chi connectivity index (χ4v) is 2.29. The van der Waals surface area contributed by atoms with Gasteiger partial charge in [-0.15, -0.1) is 0 Å². The van der Waals surface area contributed by atoms with Crippen LogP contribution < -0.4 is 11.1 Å². The number of nitrogens with two attached hydrogens (primary N) is 1. The predicted octanol–water partition coefficient (Wildman–Crippen LogP) is 3.25. The average molecular weight is 325 g/mol. The van der Waals surface area contributed by atoms with Crippen molar-refractivity contribution in [2.45, 2.75) is 6.42 Å². The first-order valence-electron chi connectivity index (χ1n) is 6.28. The molecule has 6 heteroatoms. The van der Waals surface area contributed by atoms with E-state index in [0.717, 1.165) is 5.56 Å². The number of benzene rings is 2. The SMILES string of the molecule is Nc1c(Cl)cc(C(=O)NCCc2ccc(O)cc2)cc1Cl. The van der Waals surface area contributed by atoms with Crippen molar-refractivity contribution in [1.82, 2.24) is 5.32 Å². The van der Waals surface area contributed by atoms with Crippen LogP contribution in [-0.4, -0.2) is 17.6 Å². The molecule has 4 nitrogen and oxygen atoms in total. The summed E-state index contributed by atoms with van der Waals surface area (Å²) in [6.45, 7) is 0.462. The third kappa shape index (κ3) is 4.03. The molecule has 0 atom stereocenters. The van der Waals surface area contributed by atoms with E-state index in [1.807, 2.05) is 0 Å². The molecule has 0 aliphatic heterocycles. The zero-order valence-corrected chi connectivity index (χ0v) is 12.6. The van der Waals surface area contributed by atoms with E-state index < -0.39 is 0 Å². The van der Waals surface area contributed by atoms with E-state index in [9.17, 15) is 9.90 Å². The maximum atomic E-state index is 12.0.